The fourth-order valence-corrected chi connectivity index (χ4v) is 3.08. The molecule has 0 aromatic rings. The Hall–Kier alpha value is 0.560. The van der Waals surface area contributed by atoms with E-state index >= 15 is 0 Å². The summed E-state index contributed by atoms with van der Waals surface area (Å²) in [5, 5.41) is 4.54. The van der Waals surface area contributed by atoms with Gasteiger partial charge in [0.25, 0.3) is 0 Å². The molecule has 3 unspecified atom stereocenters. The molecule has 1 aliphatic heterocycles. The topological polar surface area (TPSA) is 72.6 Å². The van der Waals surface area contributed by atoms with Crippen LogP contribution in [0.1, 0.15) is 6.92 Å². The Morgan fingerprint density at radius 2 is 2.14 bits per heavy atom. The SMILES string of the molecule is COC1CN(C(C)I)CC1S(N)(=O)=O. The fourth-order valence-electron chi connectivity index (χ4n) is 1.60. The zero-order valence-electron chi connectivity index (χ0n) is 8.18. The monoisotopic (exact) mass is 334 g/mol. The third-order valence-electron chi connectivity index (χ3n) is 2.47. The van der Waals surface area contributed by atoms with E-state index in [1.54, 1.807) is 0 Å². The largest absolute Gasteiger partial charge is 0.379 e. The van der Waals surface area contributed by atoms with E-state index in [0.29, 0.717) is 13.1 Å². The maximum atomic E-state index is 11.2. The van der Waals surface area contributed by atoms with Crippen molar-refractivity contribution in [3.8, 4) is 0 Å². The summed E-state index contributed by atoms with van der Waals surface area (Å²) in [7, 11) is -1.98. The first-order chi connectivity index (χ1) is 6.36. The zero-order valence-corrected chi connectivity index (χ0v) is 11.2. The van der Waals surface area contributed by atoms with Gasteiger partial charge < -0.3 is 4.74 Å². The first-order valence-corrected chi connectivity index (χ1v) is 7.14. The zero-order chi connectivity index (χ0) is 10.9. The molecule has 1 aliphatic rings. The highest BCUT2D eigenvalue weighted by atomic mass is 127. The summed E-state index contributed by atoms with van der Waals surface area (Å²) in [6.07, 6.45) is -0.304. The van der Waals surface area contributed by atoms with Crippen molar-refractivity contribution in [3.05, 3.63) is 0 Å². The van der Waals surface area contributed by atoms with Crippen LogP contribution in [0.5, 0.6) is 0 Å². The second-order valence-corrected chi connectivity index (χ2v) is 7.02. The molecule has 3 atom stereocenters. The number of methoxy groups -OCH3 is 1. The van der Waals surface area contributed by atoms with Crippen LogP contribution >= 0.6 is 22.6 Å². The molecule has 0 amide bonds. The molecule has 84 valence electrons. The standard InChI is InChI=1S/C7H15IN2O3S/c1-5(8)10-3-6(13-2)7(4-10)14(9,11)12/h5-7H,3-4H2,1-2H3,(H2,9,11,12). The maximum absolute atomic E-state index is 11.2. The van der Waals surface area contributed by atoms with Crippen molar-refractivity contribution in [2.24, 2.45) is 5.14 Å². The van der Waals surface area contributed by atoms with Gasteiger partial charge in [0.05, 0.1) is 10.2 Å². The van der Waals surface area contributed by atoms with Gasteiger partial charge in [-0.3, -0.25) is 4.90 Å². The first-order valence-electron chi connectivity index (χ1n) is 4.28. The summed E-state index contributed by atoms with van der Waals surface area (Å²) in [5.74, 6) is 0. The molecule has 1 fully saturated rings. The van der Waals surface area contributed by atoms with Crippen LogP contribution in [0.3, 0.4) is 0 Å². The number of halogens is 1. The van der Waals surface area contributed by atoms with Gasteiger partial charge in [-0.2, -0.15) is 0 Å². The molecule has 0 aromatic carbocycles. The highest BCUT2D eigenvalue weighted by Crippen LogP contribution is 2.22. The van der Waals surface area contributed by atoms with Gasteiger partial charge in [-0.05, 0) is 6.92 Å². The molecule has 1 rings (SSSR count). The third kappa shape index (κ3) is 2.78. The first kappa shape index (κ1) is 12.6. The van der Waals surface area contributed by atoms with Crippen molar-refractivity contribution in [1.29, 1.82) is 0 Å². The fraction of sp³-hybridized carbons (Fsp3) is 1.00. The van der Waals surface area contributed by atoms with Gasteiger partial charge in [0.2, 0.25) is 10.0 Å². The summed E-state index contributed by atoms with van der Waals surface area (Å²) < 4.78 is 27.9. The minimum absolute atomic E-state index is 0.289. The lowest BCUT2D eigenvalue weighted by atomic mass is 10.3. The molecule has 0 bridgehead atoms. The molecule has 0 saturated carbocycles. The summed E-state index contributed by atoms with van der Waals surface area (Å²) >= 11 is 2.24. The number of primary sulfonamides is 1. The van der Waals surface area contributed by atoms with Crippen molar-refractivity contribution in [3.63, 3.8) is 0 Å². The smallest absolute Gasteiger partial charge is 0.215 e. The van der Waals surface area contributed by atoms with E-state index in [1.807, 2.05) is 11.8 Å². The molecule has 0 aliphatic carbocycles. The van der Waals surface area contributed by atoms with Crippen LogP contribution in [-0.2, 0) is 14.8 Å². The summed E-state index contributed by atoms with van der Waals surface area (Å²) in [6.45, 7) is 3.10. The van der Waals surface area contributed by atoms with E-state index in [0.717, 1.165) is 0 Å². The van der Waals surface area contributed by atoms with Crippen LogP contribution in [0.15, 0.2) is 0 Å². The molecule has 2 N–H and O–H groups in total. The van der Waals surface area contributed by atoms with Gasteiger partial charge in [-0.25, -0.2) is 13.6 Å². The van der Waals surface area contributed by atoms with E-state index in [2.05, 4.69) is 22.6 Å². The lowest BCUT2D eigenvalue weighted by molar-refractivity contribution is 0.109. The van der Waals surface area contributed by atoms with Crippen molar-refractivity contribution < 1.29 is 13.2 Å². The van der Waals surface area contributed by atoms with Crippen molar-refractivity contribution in [2.45, 2.75) is 22.3 Å². The van der Waals surface area contributed by atoms with Crippen LogP contribution in [-0.4, -0.2) is 48.9 Å². The third-order valence-corrected chi connectivity index (χ3v) is 4.56. The predicted octanol–water partition coefficient (Wildman–Crippen LogP) is -0.245. The Balaban J connectivity index is 2.78. The van der Waals surface area contributed by atoms with E-state index < -0.39 is 15.3 Å². The highest BCUT2D eigenvalue weighted by molar-refractivity contribution is 14.1. The molecule has 0 radical (unpaired) electrons. The highest BCUT2D eigenvalue weighted by Gasteiger charge is 2.40. The maximum Gasteiger partial charge on any atom is 0.215 e. The second-order valence-electron chi connectivity index (χ2n) is 3.43. The number of nitrogens with zero attached hydrogens (tertiary/aromatic N) is 1. The van der Waals surface area contributed by atoms with Crippen LogP contribution in [0.2, 0.25) is 0 Å². The Kier molecular flexibility index (Phi) is 4.15. The number of hydrogen-bond donors (Lipinski definition) is 1. The van der Waals surface area contributed by atoms with Crippen molar-refractivity contribution in [1.82, 2.24) is 4.90 Å². The average molecular weight is 334 g/mol. The van der Waals surface area contributed by atoms with Crippen LogP contribution < -0.4 is 5.14 Å². The molecule has 5 nitrogen and oxygen atoms in total. The van der Waals surface area contributed by atoms with Crippen molar-refractivity contribution in [2.75, 3.05) is 20.2 Å². The molecule has 0 spiro atoms. The van der Waals surface area contributed by atoms with Crippen LogP contribution in [0, 0.1) is 0 Å². The number of sulfonamides is 1. The normalized spacial score (nSPS) is 32.0. The Bertz CT molecular complexity index is 293. The number of rotatable bonds is 3. The minimum Gasteiger partial charge on any atom is -0.379 e. The quantitative estimate of drug-likeness (QED) is 0.439. The summed E-state index contributed by atoms with van der Waals surface area (Å²) in [6, 6.07) is 0. The van der Waals surface area contributed by atoms with Crippen LogP contribution in [0.25, 0.3) is 0 Å². The number of hydrogen-bond acceptors (Lipinski definition) is 4. The van der Waals surface area contributed by atoms with Gasteiger partial charge >= 0.3 is 0 Å². The lowest BCUT2D eigenvalue weighted by Crippen LogP contribution is -2.38. The summed E-state index contributed by atoms with van der Waals surface area (Å²) in [4.78, 5) is 2.05. The van der Waals surface area contributed by atoms with Gasteiger partial charge in [-0.15, -0.1) is 0 Å². The molecular weight excluding hydrogens is 319 g/mol. The Labute approximate surface area is 98.2 Å². The molecule has 1 saturated heterocycles. The Morgan fingerprint density at radius 1 is 1.57 bits per heavy atom. The van der Waals surface area contributed by atoms with E-state index in [4.69, 9.17) is 9.88 Å². The lowest BCUT2D eigenvalue weighted by Gasteiger charge is -2.17. The van der Waals surface area contributed by atoms with Gasteiger partial charge in [-0.1, -0.05) is 22.6 Å². The summed E-state index contributed by atoms with van der Waals surface area (Å²) in [5.41, 5.74) is 0. The minimum atomic E-state index is -3.50. The van der Waals surface area contributed by atoms with Gasteiger partial charge in [0, 0.05) is 20.2 Å². The van der Waals surface area contributed by atoms with Gasteiger partial charge in [0.1, 0.15) is 5.25 Å². The Morgan fingerprint density at radius 3 is 2.43 bits per heavy atom. The number of likely N-dealkylation sites (tertiary alicyclic amines) is 1. The number of ether oxygens (including phenoxy) is 1. The van der Waals surface area contributed by atoms with Gasteiger partial charge in [0.15, 0.2) is 0 Å². The number of nitrogens with two attached hydrogens (primary N) is 1. The number of alkyl halides is 1. The molecule has 1 heterocycles. The average Bonchev–Trinajstić information content (AvgIpc) is 2.46. The predicted molar refractivity (Wildman–Crippen MR) is 62.7 cm³/mol. The van der Waals surface area contributed by atoms with E-state index in [1.165, 1.54) is 7.11 Å². The molecular formula is C7H15IN2O3S. The second kappa shape index (κ2) is 4.60. The van der Waals surface area contributed by atoms with E-state index in [-0.39, 0.29) is 10.2 Å². The van der Waals surface area contributed by atoms with E-state index in [9.17, 15) is 8.42 Å². The van der Waals surface area contributed by atoms with Crippen molar-refractivity contribution >= 4 is 32.6 Å². The molecule has 14 heavy (non-hydrogen) atoms. The molecule has 7 heteroatoms. The van der Waals surface area contributed by atoms with Crippen LogP contribution in [0.4, 0.5) is 0 Å². The molecule has 0 aromatic heterocycles.